The second kappa shape index (κ2) is 9.40. The lowest BCUT2D eigenvalue weighted by Gasteiger charge is -2.21. The average Bonchev–Trinajstić information content (AvgIpc) is 2.45. The van der Waals surface area contributed by atoms with Gasteiger partial charge in [-0.1, -0.05) is 32.8 Å². The molecule has 0 aliphatic carbocycles. The predicted molar refractivity (Wildman–Crippen MR) is 90.5 cm³/mol. The van der Waals surface area contributed by atoms with Crippen LogP contribution in [0.4, 0.5) is 11.4 Å². The third kappa shape index (κ3) is 6.63. The van der Waals surface area contributed by atoms with Gasteiger partial charge in [-0.05, 0) is 50.6 Å². The van der Waals surface area contributed by atoms with E-state index in [0.29, 0.717) is 12.2 Å². The van der Waals surface area contributed by atoms with E-state index in [9.17, 15) is 4.79 Å². The first-order valence-electron chi connectivity index (χ1n) is 7.95. The van der Waals surface area contributed by atoms with Gasteiger partial charge in [0.1, 0.15) is 0 Å². The third-order valence-electron chi connectivity index (χ3n) is 3.56. The van der Waals surface area contributed by atoms with Crippen LogP contribution in [0.5, 0.6) is 0 Å². The van der Waals surface area contributed by atoms with Gasteiger partial charge >= 0.3 is 0 Å². The topological polar surface area (TPSA) is 58.4 Å². The van der Waals surface area contributed by atoms with Crippen molar-refractivity contribution in [2.24, 2.45) is 0 Å². The molecule has 4 heteroatoms. The number of rotatable bonds is 9. The molecule has 118 valence electrons. The van der Waals surface area contributed by atoms with Crippen molar-refractivity contribution in [1.82, 2.24) is 4.90 Å². The summed E-state index contributed by atoms with van der Waals surface area (Å²) >= 11 is 0. The maximum absolute atomic E-state index is 12.2. The number of unbranched alkanes of at least 4 members (excludes halogenated alkanes) is 2. The standard InChI is InChI=1S/C17H29N3O/c1-4-6-10-20(11-7-5-2)13-17(21)19-16-12-15(18)9-8-14(16)3/h8-9,12H,4-7,10-11,13,18H2,1-3H3,(H,19,21). The van der Waals surface area contributed by atoms with Crippen molar-refractivity contribution in [3.63, 3.8) is 0 Å². The van der Waals surface area contributed by atoms with Crippen LogP contribution < -0.4 is 11.1 Å². The SMILES string of the molecule is CCCCN(CCCC)CC(=O)Nc1cc(N)ccc1C. The van der Waals surface area contributed by atoms with E-state index in [4.69, 9.17) is 5.73 Å². The molecule has 1 rings (SSSR count). The predicted octanol–water partition coefficient (Wildman–Crippen LogP) is 3.42. The smallest absolute Gasteiger partial charge is 0.238 e. The summed E-state index contributed by atoms with van der Waals surface area (Å²) < 4.78 is 0. The number of nitrogens with zero attached hydrogens (tertiary/aromatic N) is 1. The molecule has 3 N–H and O–H groups in total. The Hall–Kier alpha value is -1.55. The summed E-state index contributed by atoms with van der Waals surface area (Å²) in [5.74, 6) is 0.0379. The number of benzene rings is 1. The maximum Gasteiger partial charge on any atom is 0.238 e. The molecule has 0 aliphatic heterocycles. The maximum atomic E-state index is 12.2. The second-order valence-electron chi connectivity index (χ2n) is 5.61. The molecule has 0 spiro atoms. The van der Waals surface area contributed by atoms with Crippen LogP contribution in [0.1, 0.15) is 45.1 Å². The lowest BCUT2D eigenvalue weighted by molar-refractivity contribution is -0.117. The lowest BCUT2D eigenvalue weighted by atomic mass is 10.2. The highest BCUT2D eigenvalue weighted by atomic mass is 16.2. The second-order valence-corrected chi connectivity index (χ2v) is 5.61. The summed E-state index contributed by atoms with van der Waals surface area (Å²) in [6.45, 7) is 8.75. The van der Waals surface area contributed by atoms with Crippen molar-refractivity contribution in [2.75, 3.05) is 30.7 Å². The van der Waals surface area contributed by atoms with Gasteiger partial charge in [0.05, 0.1) is 6.54 Å². The van der Waals surface area contributed by atoms with Gasteiger partial charge < -0.3 is 11.1 Å². The van der Waals surface area contributed by atoms with E-state index in [2.05, 4.69) is 24.1 Å². The van der Waals surface area contributed by atoms with Gasteiger partial charge in [-0.2, -0.15) is 0 Å². The minimum Gasteiger partial charge on any atom is -0.399 e. The first kappa shape index (κ1) is 17.5. The molecule has 1 amide bonds. The molecule has 0 saturated heterocycles. The normalized spacial score (nSPS) is 10.9. The number of hydrogen-bond donors (Lipinski definition) is 2. The molecule has 4 nitrogen and oxygen atoms in total. The van der Waals surface area contributed by atoms with Crippen LogP contribution in [0, 0.1) is 6.92 Å². The summed E-state index contributed by atoms with van der Waals surface area (Å²) in [5.41, 5.74) is 8.29. The molecular formula is C17H29N3O. The summed E-state index contributed by atoms with van der Waals surface area (Å²) in [7, 11) is 0. The number of anilines is 2. The summed E-state index contributed by atoms with van der Waals surface area (Å²) in [6.07, 6.45) is 4.57. The van der Waals surface area contributed by atoms with Crippen molar-refractivity contribution in [1.29, 1.82) is 0 Å². The van der Waals surface area contributed by atoms with E-state index in [1.807, 2.05) is 25.1 Å². The Kier molecular flexibility index (Phi) is 7.83. The van der Waals surface area contributed by atoms with E-state index in [1.165, 1.54) is 0 Å². The van der Waals surface area contributed by atoms with E-state index in [0.717, 1.165) is 50.0 Å². The molecule has 0 radical (unpaired) electrons. The fourth-order valence-corrected chi connectivity index (χ4v) is 2.20. The van der Waals surface area contributed by atoms with Crippen LogP contribution in [-0.4, -0.2) is 30.4 Å². The van der Waals surface area contributed by atoms with E-state index in [-0.39, 0.29) is 5.91 Å². The fourth-order valence-electron chi connectivity index (χ4n) is 2.20. The number of carbonyl (C=O) groups is 1. The Morgan fingerprint density at radius 2 is 1.81 bits per heavy atom. The van der Waals surface area contributed by atoms with Crippen molar-refractivity contribution in [2.45, 2.75) is 46.5 Å². The Bertz CT molecular complexity index is 438. The first-order valence-corrected chi connectivity index (χ1v) is 7.95. The van der Waals surface area contributed by atoms with E-state index in [1.54, 1.807) is 0 Å². The lowest BCUT2D eigenvalue weighted by Crippen LogP contribution is -2.34. The number of nitrogens with one attached hydrogen (secondary N) is 1. The van der Waals surface area contributed by atoms with Crippen LogP contribution in [0.15, 0.2) is 18.2 Å². The van der Waals surface area contributed by atoms with Gasteiger partial charge in [-0.15, -0.1) is 0 Å². The Balaban J connectivity index is 2.57. The van der Waals surface area contributed by atoms with Crippen LogP contribution in [0.3, 0.4) is 0 Å². The summed E-state index contributed by atoms with van der Waals surface area (Å²) in [4.78, 5) is 14.5. The number of hydrogen-bond acceptors (Lipinski definition) is 3. The number of amides is 1. The number of nitrogen functional groups attached to an aromatic ring is 1. The molecular weight excluding hydrogens is 262 g/mol. The Morgan fingerprint density at radius 1 is 1.19 bits per heavy atom. The molecule has 0 heterocycles. The van der Waals surface area contributed by atoms with Gasteiger partial charge in [-0.3, -0.25) is 9.69 Å². The monoisotopic (exact) mass is 291 g/mol. The summed E-state index contributed by atoms with van der Waals surface area (Å²) in [5, 5.41) is 2.97. The average molecular weight is 291 g/mol. The van der Waals surface area contributed by atoms with Gasteiger partial charge in [0, 0.05) is 11.4 Å². The first-order chi connectivity index (χ1) is 10.1. The highest BCUT2D eigenvalue weighted by Crippen LogP contribution is 2.18. The largest absolute Gasteiger partial charge is 0.399 e. The summed E-state index contributed by atoms with van der Waals surface area (Å²) in [6, 6.07) is 5.59. The quantitative estimate of drug-likeness (QED) is 0.685. The number of nitrogens with two attached hydrogens (primary N) is 1. The van der Waals surface area contributed by atoms with Gasteiger partial charge in [0.15, 0.2) is 0 Å². The molecule has 0 aliphatic rings. The minimum atomic E-state index is 0.0379. The minimum absolute atomic E-state index is 0.0379. The van der Waals surface area contributed by atoms with Crippen LogP contribution in [0.2, 0.25) is 0 Å². The molecule has 0 saturated carbocycles. The zero-order valence-electron chi connectivity index (χ0n) is 13.6. The Labute approximate surface area is 128 Å². The van der Waals surface area contributed by atoms with Crippen molar-refractivity contribution in [3.05, 3.63) is 23.8 Å². The van der Waals surface area contributed by atoms with Crippen molar-refractivity contribution in [3.8, 4) is 0 Å². The molecule has 0 unspecified atom stereocenters. The van der Waals surface area contributed by atoms with Crippen molar-refractivity contribution < 1.29 is 4.79 Å². The third-order valence-corrected chi connectivity index (χ3v) is 3.56. The fraction of sp³-hybridized carbons (Fsp3) is 0.588. The van der Waals surface area contributed by atoms with E-state index >= 15 is 0 Å². The van der Waals surface area contributed by atoms with E-state index < -0.39 is 0 Å². The molecule has 1 aromatic carbocycles. The highest BCUT2D eigenvalue weighted by molar-refractivity contribution is 5.93. The number of aryl methyl sites for hydroxylation is 1. The molecule has 0 atom stereocenters. The van der Waals surface area contributed by atoms with Gasteiger partial charge in [-0.25, -0.2) is 0 Å². The van der Waals surface area contributed by atoms with Crippen LogP contribution in [-0.2, 0) is 4.79 Å². The molecule has 1 aromatic rings. The number of carbonyl (C=O) groups excluding carboxylic acids is 1. The molecule has 0 aromatic heterocycles. The van der Waals surface area contributed by atoms with Crippen LogP contribution in [0.25, 0.3) is 0 Å². The zero-order valence-corrected chi connectivity index (χ0v) is 13.6. The van der Waals surface area contributed by atoms with Crippen molar-refractivity contribution >= 4 is 17.3 Å². The highest BCUT2D eigenvalue weighted by Gasteiger charge is 2.11. The molecule has 0 fully saturated rings. The molecule has 21 heavy (non-hydrogen) atoms. The van der Waals surface area contributed by atoms with Gasteiger partial charge in [0.2, 0.25) is 5.91 Å². The molecule has 0 bridgehead atoms. The Morgan fingerprint density at radius 3 is 2.38 bits per heavy atom. The zero-order chi connectivity index (χ0) is 15.7. The van der Waals surface area contributed by atoms with Gasteiger partial charge in [0.25, 0.3) is 0 Å². The van der Waals surface area contributed by atoms with Crippen LogP contribution >= 0.6 is 0 Å².